The number of rotatable bonds is 10. The molecule has 0 saturated heterocycles. The van der Waals surface area contributed by atoms with Crippen LogP contribution in [0.5, 0.6) is 5.75 Å². The van der Waals surface area contributed by atoms with E-state index in [1.54, 1.807) is 14.2 Å². The summed E-state index contributed by atoms with van der Waals surface area (Å²) in [7, 11) is 3.40. The highest BCUT2D eigenvalue weighted by Crippen LogP contribution is 2.30. The lowest BCUT2D eigenvalue weighted by atomic mass is 9.96. The Kier molecular flexibility index (Phi) is 7.78. The van der Waals surface area contributed by atoms with Gasteiger partial charge in [0.25, 0.3) is 0 Å². The van der Waals surface area contributed by atoms with Crippen LogP contribution >= 0.6 is 0 Å². The van der Waals surface area contributed by atoms with E-state index < -0.39 is 0 Å². The van der Waals surface area contributed by atoms with Crippen LogP contribution in [0.15, 0.2) is 29.3 Å². The van der Waals surface area contributed by atoms with E-state index in [4.69, 9.17) is 18.9 Å². The Hall–Kier alpha value is -2.02. The largest absolute Gasteiger partial charge is 0.490 e. The van der Waals surface area contributed by atoms with E-state index in [1.807, 2.05) is 25.1 Å². The summed E-state index contributed by atoms with van der Waals surface area (Å²) in [5.41, 5.74) is 4.29. The summed E-state index contributed by atoms with van der Waals surface area (Å²) >= 11 is 0. The molecule has 0 N–H and O–H groups in total. The number of allylic oxidation sites excluding steroid dienone is 2. The van der Waals surface area contributed by atoms with Gasteiger partial charge in [-0.3, -0.25) is 9.98 Å². The zero-order chi connectivity index (χ0) is 18.1. The standard InChI is InChI=1S/C19H26N2O4/c1-14-5-6-16-17(13-15(2)21-19(16)18(14)20-3)25-12-11-24-10-9-23-8-7-22-4/h5-6,13H,1,7-12H2,2-4H3. The van der Waals surface area contributed by atoms with Gasteiger partial charge in [-0.1, -0.05) is 12.7 Å². The van der Waals surface area contributed by atoms with Gasteiger partial charge >= 0.3 is 0 Å². The second kappa shape index (κ2) is 10.1. The average Bonchev–Trinajstić information content (AvgIpc) is 2.60. The second-order valence-electron chi connectivity index (χ2n) is 5.52. The maximum absolute atomic E-state index is 5.90. The molecule has 2 rings (SSSR count). The van der Waals surface area contributed by atoms with Crippen molar-refractivity contribution in [3.8, 4) is 5.75 Å². The Balaban J connectivity index is 1.86. The van der Waals surface area contributed by atoms with E-state index in [2.05, 4.69) is 16.6 Å². The Morgan fingerprint density at radius 1 is 1.04 bits per heavy atom. The summed E-state index contributed by atoms with van der Waals surface area (Å²) in [6.45, 7) is 9.17. The molecule has 1 aromatic heterocycles. The van der Waals surface area contributed by atoms with E-state index in [-0.39, 0.29) is 0 Å². The predicted molar refractivity (Wildman–Crippen MR) is 98.6 cm³/mol. The summed E-state index contributed by atoms with van der Waals surface area (Å²) in [6, 6.07) is 1.93. The summed E-state index contributed by atoms with van der Waals surface area (Å²) in [6.07, 6.45) is 3.90. The molecule has 0 spiro atoms. The SMILES string of the molecule is C=C1C=Cc2c(OCCOCCOCCOC)cc(C)nc2C1=NC. The molecule has 1 aliphatic rings. The number of pyridine rings is 1. The molecule has 0 saturated carbocycles. The monoisotopic (exact) mass is 346 g/mol. The minimum atomic E-state index is 0.460. The molecule has 0 bridgehead atoms. The van der Waals surface area contributed by atoms with Gasteiger partial charge in [0.1, 0.15) is 12.4 Å². The Bertz CT molecular complexity index is 653. The van der Waals surface area contributed by atoms with Gasteiger partial charge in [-0.2, -0.15) is 0 Å². The van der Waals surface area contributed by atoms with Crippen molar-refractivity contribution in [3.63, 3.8) is 0 Å². The predicted octanol–water partition coefficient (Wildman–Crippen LogP) is 2.45. The summed E-state index contributed by atoms with van der Waals surface area (Å²) in [4.78, 5) is 8.89. The summed E-state index contributed by atoms with van der Waals surface area (Å²) in [5, 5.41) is 0. The molecule has 0 aromatic carbocycles. The molecule has 6 nitrogen and oxygen atoms in total. The van der Waals surface area contributed by atoms with Gasteiger partial charge in [-0.25, -0.2) is 0 Å². The maximum Gasteiger partial charge on any atom is 0.130 e. The Labute approximate surface area is 149 Å². The smallest absolute Gasteiger partial charge is 0.130 e. The number of hydrogen-bond donors (Lipinski definition) is 0. The first kappa shape index (κ1) is 19.3. The fourth-order valence-electron chi connectivity index (χ4n) is 2.45. The van der Waals surface area contributed by atoms with Gasteiger partial charge in [-0.05, 0) is 18.6 Å². The molecule has 0 radical (unpaired) electrons. The van der Waals surface area contributed by atoms with E-state index in [1.165, 1.54) is 0 Å². The lowest BCUT2D eigenvalue weighted by Gasteiger charge is -2.18. The van der Waals surface area contributed by atoms with Crippen molar-refractivity contribution in [3.05, 3.63) is 41.2 Å². The van der Waals surface area contributed by atoms with Crippen molar-refractivity contribution in [2.75, 3.05) is 53.8 Å². The number of methoxy groups -OCH3 is 1. The zero-order valence-electron chi connectivity index (χ0n) is 15.2. The third-order valence-electron chi connectivity index (χ3n) is 3.64. The molecule has 0 atom stereocenters. The molecular formula is C19H26N2O4. The molecule has 0 amide bonds. The van der Waals surface area contributed by atoms with Crippen LogP contribution in [0.25, 0.3) is 6.08 Å². The van der Waals surface area contributed by atoms with Gasteiger partial charge in [-0.15, -0.1) is 0 Å². The molecule has 1 aromatic rings. The topological polar surface area (TPSA) is 62.2 Å². The van der Waals surface area contributed by atoms with E-state index in [0.29, 0.717) is 39.6 Å². The lowest BCUT2D eigenvalue weighted by Crippen LogP contribution is -2.15. The van der Waals surface area contributed by atoms with Gasteiger partial charge in [0.15, 0.2) is 0 Å². The normalized spacial score (nSPS) is 14.8. The third kappa shape index (κ3) is 5.49. The zero-order valence-corrected chi connectivity index (χ0v) is 15.2. The highest BCUT2D eigenvalue weighted by atomic mass is 16.6. The maximum atomic E-state index is 5.90. The Morgan fingerprint density at radius 3 is 2.40 bits per heavy atom. The van der Waals surface area contributed by atoms with Crippen molar-refractivity contribution < 1.29 is 18.9 Å². The van der Waals surface area contributed by atoms with Crippen molar-refractivity contribution in [1.29, 1.82) is 0 Å². The van der Waals surface area contributed by atoms with Crippen LogP contribution in [0, 0.1) is 6.92 Å². The number of aryl methyl sites for hydroxylation is 1. The summed E-state index contributed by atoms with van der Waals surface area (Å²) in [5.74, 6) is 0.785. The number of aromatic nitrogens is 1. The van der Waals surface area contributed by atoms with Crippen molar-refractivity contribution in [2.45, 2.75) is 6.92 Å². The number of ether oxygens (including phenoxy) is 4. The minimum Gasteiger partial charge on any atom is -0.490 e. The minimum absolute atomic E-state index is 0.460. The molecule has 0 unspecified atom stereocenters. The molecule has 0 aliphatic heterocycles. The van der Waals surface area contributed by atoms with Crippen LogP contribution in [-0.2, 0) is 14.2 Å². The van der Waals surface area contributed by atoms with Crippen LogP contribution < -0.4 is 4.74 Å². The molecule has 0 fully saturated rings. The van der Waals surface area contributed by atoms with Gasteiger partial charge in [0.2, 0.25) is 0 Å². The van der Waals surface area contributed by atoms with Crippen molar-refractivity contribution in [1.82, 2.24) is 4.98 Å². The van der Waals surface area contributed by atoms with E-state index in [9.17, 15) is 0 Å². The number of hydrogen-bond acceptors (Lipinski definition) is 6. The van der Waals surface area contributed by atoms with Crippen molar-refractivity contribution >= 4 is 11.8 Å². The number of fused-ring (bicyclic) bond motifs is 1. The molecule has 1 heterocycles. The molecule has 25 heavy (non-hydrogen) atoms. The van der Waals surface area contributed by atoms with Gasteiger partial charge in [0.05, 0.1) is 44.4 Å². The van der Waals surface area contributed by atoms with Crippen molar-refractivity contribution in [2.24, 2.45) is 4.99 Å². The third-order valence-corrected chi connectivity index (χ3v) is 3.64. The highest BCUT2D eigenvalue weighted by molar-refractivity contribution is 6.17. The first-order valence-electron chi connectivity index (χ1n) is 8.30. The average molecular weight is 346 g/mol. The van der Waals surface area contributed by atoms with E-state index >= 15 is 0 Å². The summed E-state index contributed by atoms with van der Waals surface area (Å²) < 4.78 is 21.6. The van der Waals surface area contributed by atoms with Crippen LogP contribution in [0.2, 0.25) is 0 Å². The highest BCUT2D eigenvalue weighted by Gasteiger charge is 2.20. The van der Waals surface area contributed by atoms with Crippen LogP contribution in [0.1, 0.15) is 17.0 Å². The first-order chi connectivity index (χ1) is 12.2. The van der Waals surface area contributed by atoms with Crippen LogP contribution in [0.3, 0.4) is 0 Å². The molecular weight excluding hydrogens is 320 g/mol. The fourth-order valence-corrected chi connectivity index (χ4v) is 2.45. The number of aliphatic imine (C=N–C) groups is 1. The molecule has 136 valence electrons. The quantitative estimate of drug-likeness (QED) is 0.609. The van der Waals surface area contributed by atoms with Gasteiger partial charge in [0, 0.05) is 31.5 Å². The van der Waals surface area contributed by atoms with E-state index in [0.717, 1.165) is 34.0 Å². The molecule has 6 heteroatoms. The number of nitrogens with zero attached hydrogens (tertiary/aromatic N) is 2. The fraction of sp³-hybridized carbons (Fsp3) is 0.474. The van der Waals surface area contributed by atoms with Crippen LogP contribution in [-0.4, -0.2) is 64.5 Å². The van der Waals surface area contributed by atoms with Gasteiger partial charge < -0.3 is 18.9 Å². The Morgan fingerprint density at radius 2 is 1.72 bits per heavy atom. The first-order valence-corrected chi connectivity index (χ1v) is 8.30. The van der Waals surface area contributed by atoms with Crippen LogP contribution in [0.4, 0.5) is 0 Å². The molecule has 1 aliphatic carbocycles. The lowest BCUT2D eigenvalue weighted by molar-refractivity contribution is 0.0179. The second-order valence-corrected chi connectivity index (χ2v) is 5.52.